The first kappa shape index (κ1) is 13.3. The summed E-state index contributed by atoms with van der Waals surface area (Å²) in [6, 6.07) is 0. The number of cyclic esters (lactones) is 1. The second kappa shape index (κ2) is 5.04. The molecule has 1 heterocycles. The van der Waals surface area contributed by atoms with Crippen molar-refractivity contribution in [3.8, 4) is 0 Å². The minimum atomic E-state index is -1.81. The van der Waals surface area contributed by atoms with Gasteiger partial charge in [0.15, 0.2) is 12.2 Å². The average molecular weight is 238 g/mol. The van der Waals surface area contributed by atoms with E-state index in [2.05, 4.69) is 4.74 Å². The summed E-state index contributed by atoms with van der Waals surface area (Å²) in [5.41, 5.74) is 0. The summed E-state index contributed by atoms with van der Waals surface area (Å²) >= 11 is 0. The third-order valence-electron chi connectivity index (χ3n) is 2.42. The fourth-order valence-corrected chi connectivity index (χ4v) is 1.39. The summed E-state index contributed by atoms with van der Waals surface area (Å²) in [5.74, 6) is -1.12. The second-order valence-corrected chi connectivity index (χ2v) is 3.57. The average Bonchev–Trinajstić information content (AvgIpc) is 2.54. The summed E-state index contributed by atoms with van der Waals surface area (Å²) in [6.45, 7) is -0.808. The smallest absolute Gasteiger partial charge is 0.338 e. The largest absolute Gasteiger partial charge is 0.455 e. The monoisotopic (exact) mass is 238 g/mol. The van der Waals surface area contributed by atoms with Crippen LogP contribution in [0, 0.1) is 0 Å². The van der Waals surface area contributed by atoms with E-state index >= 15 is 0 Å². The van der Waals surface area contributed by atoms with Crippen molar-refractivity contribution >= 4 is 5.97 Å². The number of esters is 1. The van der Waals surface area contributed by atoms with Crippen LogP contribution in [0.5, 0.6) is 0 Å². The van der Waals surface area contributed by atoms with Gasteiger partial charge in [-0.05, 0) is 0 Å². The fourth-order valence-electron chi connectivity index (χ4n) is 1.39. The molecule has 1 aliphatic heterocycles. The Morgan fingerprint density at radius 1 is 1.25 bits per heavy atom. The molecule has 0 aromatic heterocycles. The zero-order valence-corrected chi connectivity index (χ0v) is 8.17. The van der Waals surface area contributed by atoms with Gasteiger partial charge in [-0.1, -0.05) is 0 Å². The minimum Gasteiger partial charge on any atom is -0.455 e. The lowest BCUT2D eigenvalue weighted by Gasteiger charge is -2.26. The molecule has 1 rings (SSSR count). The van der Waals surface area contributed by atoms with Gasteiger partial charge in [0.25, 0.3) is 0 Å². The van der Waals surface area contributed by atoms with E-state index in [0.29, 0.717) is 0 Å². The van der Waals surface area contributed by atoms with Crippen LogP contribution >= 0.6 is 0 Å². The number of ether oxygens (including phenoxy) is 1. The van der Waals surface area contributed by atoms with E-state index in [0.717, 1.165) is 0 Å². The maximum atomic E-state index is 10.8. The third-order valence-corrected chi connectivity index (χ3v) is 2.42. The highest BCUT2D eigenvalue weighted by Crippen LogP contribution is 2.21. The highest BCUT2D eigenvalue weighted by atomic mass is 16.6. The van der Waals surface area contributed by atoms with Crippen LogP contribution < -0.4 is 0 Å². The fraction of sp³-hybridized carbons (Fsp3) is 0.875. The first-order valence-corrected chi connectivity index (χ1v) is 4.61. The molecule has 0 aromatic rings. The van der Waals surface area contributed by atoms with Gasteiger partial charge in [0, 0.05) is 0 Å². The first-order chi connectivity index (χ1) is 7.40. The Hall–Kier alpha value is -0.770. The Balaban J connectivity index is 2.68. The van der Waals surface area contributed by atoms with Crippen molar-refractivity contribution in [2.75, 3.05) is 6.61 Å². The van der Waals surface area contributed by atoms with Crippen LogP contribution in [0.3, 0.4) is 0 Å². The molecule has 0 aliphatic carbocycles. The predicted octanol–water partition coefficient (Wildman–Crippen LogP) is -4.29. The lowest BCUT2D eigenvalue weighted by Crippen LogP contribution is -2.50. The van der Waals surface area contributed by atoms with Crippen LogP contribution in [-0.2, 0) is 9.53 Å². The van der Waals surface area contributed by atoms with Crippen LogP contribution in [-0.4, -0.2) is 79.8 Å². The van der Waals surface area contributed by atoms with Crippen molar-refractivity contribution < 1.29 is 40.2 Å². The molecule has 16 heavy (non-hydrogen) atoms. The van der Waals surface area contributed by atoms with E-state index in [1.54, 1.807) is 0 Å². The van der Waals surface area contributed by atoms with E-state index in [1.165, 1.54) is 0 Å². The quantitative estimate of drug-likeness (QED) is 0.269. The van der Waals surface area contributed by atoms with E-state index in [1.807, 2.05) is 0 Å². The van der Waals surface area contributed by atoms with Gasteiger partial charge in [-0.15, -0.1) is 0 Å². The second-order valence-electron chi connectivity index (χ2n) is 3.57. The Labute approximate surface area is 90.3 Å². The lowest BCUT2D eigenvalue weighted by molar-refractivity contribution is -0.159. The molecule has 1 fully saturated rings. The molecule has 6 N–H and O–H groups in total. The zero-order valence-electron chi connectivity index (χ0n) is 8.17. The summed E-state index contributed by atoms with van der Waals surface area (Å²) < 4.78 is 4.42. The summed E-state index contributed by atoms with van der Waals surface area (Å²) in [6.07, 6.45) is -10.3. The molecule has 0 saturated carbocycles. The van der Waals surface area contributed by atoms with Crippen LogP contribution in [0.1, 0.15) is 0 Å². The van der Waals surface area contributed by atoms with Gasteiger partial charge in [0.05, 0.1) is 6.61 Å². The number of hydrogen-bond acceptors (Lipinski definition) is 8. The maximum Gasteiger partial charge on any atom is 0.338 e. The molecule has 94 valence electrons. The van der Waals surface area contributed by atoms with Crippen molar-refractivity contribution in [1.29, 1.82) is 0 Å². The van der Waals surface area contributed by atoms with Crippen molar-refractivity contribution in [3.05, 3.63) is 0 Å². The SMILES string of the molecule is O=C1O[C@H]([C@@H](O)[C@H](O)[C@H](O)CO)[C@H](O)[C@@H]1O. The number of hydrogen-bond donors (Lipinski definition) is 6. The zero-order chi connectivity index (χ0) is 12.5. The van der Waals surface area contributed by atoms with Gasteiger partial charge in [0.1, 0.15) is 24.4 Å². The van der Waals surface area contributed by atoms with Crippen LogP contribution in [0.2, 0.25) is 0 Å². The van der Waals surface area contributed by atoms with Crippen LogP contribution in [0.25, 0.3) is 0 Å². The van der Waals surface area contributed by atoms with Gasteiger partial charge >= 0.3 is 5.97 Å². The molecule has 6 atom stereocenters. The normalized spacial score (nSPS) is 35.6. The molecule has 1 saturated heterocycles. The molecule has 0 bridgehead atoms. The van der Waals surface area contributed by atoms with Gasteiger partial charge < -0.3 is 35.4 Å². The molecule has 1 aliphatic rings. The molecule has 0 amide bonds. The van der Waals surface area contributed by atoms with Crippen molar-refractivity contribution in [2.24, 2.45) is 0 Å². The molecule has 0 unspecified atom stereocenters. The van der Waals surface area contributed by atoms with Gasteiger partial charge in [-0.2, -0.15) is 0 Å². The Morgan fingerprint density at radius 2 is 1.81 bits per heavy atom. The first-order valence-electron chi connectivity index (χ1n) is 4.61. The number of rotatable bonds is 4. The molecule has 8 heteroatoms. The molecule has 8 nitrogen and oxygen atoms in total. The van der Waals surface area contributed by atoms with Gasteiger partial charge in [-0.3, -0.25) is 0 Å². The Morgan fingerprint density at radius 3 is 2.19 bits per heavy atom. The van der Waals surface area contributed by atoms with Gasteiger partial charge in [-0.25, -0.2) is 4.79 Å². The van der Waals surface area contributed by atoms with E-state index in [-0.39, 0.29) is 0 Å². The summed E-state index contributed by atoms with van der Waals surface area (Å²) in [4.78, 5) is 10.8. The molecular formula is C8H14O8. The number of carbonyl (C=O) groups is 1. The number of carbonyl (C=O) groups excluding carboxylic acids is 1. The maximum absolute atomic E-state index is 10.8. The van der Waals surface area contributed by atoms with E-state index < -0.39 is 49.2 Å². The lowest BCUT2D eigenvalue weighted by atomic mass is 9.99. The molecule has 0 aromatic carbocycles. The topological polar surface area (TPSA) is 148 Å². The Bertz CT molecular complexity index is 256. The van der Waals surface area contributed by atoms with E-state index in [4.69, 9.17) is 15.3 Å². The van der Waals surface area contributed by atoms with E-state index in [9.17, 15) is 20.1 Å². The number of aliphatic hydroxyl groups is 6. The van der Waals surface area contributed by atoms with Crippen molar-refractivity contribution in [2.45, 2.75) is 36.6 Å². The van der Waals surface area contributed by atoms with Gasteiger partial charge in [0.2, 0.25) is 0 Å². The Kier molecular flexibility index (Phi) is 4.19. The molecule has 0 spiro atoms. The molecular weight excluding hydrogens is 224 g/mol. The predicted molar refractivity (Wildman–Crippen MR) is 47.0 cm³/mol. The minimum absolute atomic E-state index is 0.808. The third kappa shape index (κ3) is 2.32. The number of aliphatic hydroxyl groups excluding tert-OH is 6. The van der Waals surface area contributed by atoms with Crippen LogP contribution in [0.15, 0.2) is 0 Å². The van der Waals surface area contributed by atoms with Crippen molar-refractivity contribution in [1.82, 2.24) is 0 Å². The molecule has 0 radical (unpaired) electrons. The summed E-state index contributed by atoms with van der Waals surface area (Å²) in [5, 5.41) is 54.6. The van der Waals surface area contributed by atoms with Crippen molar-refractivity contribution in [3.63, 3.8) is 0 Å². The highest BCUT2D eigenvalue weighted by molar-refractivity contribution is 5.77. The standard InChI is InChI=1S/C8H14O8/c9-1-2(10)3(11)4(12)7-5(13)6(14)8(15)16-7/h2-7,9-14H,1H2/t2-,3-,4+,5-,6+,7-/m1/s1. The highest BCUT2D eigenvalue weighted by Gasteiger charge is 2.48. The summed E-state index contributed by atoms with van der Waals surface area (Å²) in [7, 11) is 0. The van der Waals surface area contributed by atoms with Crippen LogP contribution in [0.4, 0.5) is 0 Å².